The van der Waals surface area contributed by atoms with E-state index in [4.69, 9.17) is 5.73 Å². The Labute approximate surface area is 107 Å². The second-order valence-electron chi connectivity index (χ2n) is 6.00. The maximum absolute atomic E-state index is 6.15. The van der Waals surface area contributed by atoms with Crippen molar-refractivity contribution in [3.05, 3.63) is 0 Å². The molecule has 102 valence electrons. The minimum absolute atomic E-state index is 0.232. The number of piperidine rings is 1. The summed E-state index contributed by atoms with van der Waals surface area (Å²) in [6.07, 6.45) is 3.63. The molecule has 0 aromatic heterocycles. The molecule has 2 unspecified atom stereocenters. The lowest BCUT2D eigenvalue weighted by Gasteiger charge is -2.52. The third-order valence-corrected chi connectivity index (χ3v) is 4.43. The topological polar surface area (TPSA) is 32.5 Å². The summed E-state index contributed by atoms with van der Waals surface area (Å²) < 4.78 is 0. The molecular weight excluding hydrogens is 210 g/mol. The van der Waals surface area contributed by atoms with Crippen LogP contribution < -0.4 is 5.73 Å². The Kier molecular flexibility index (Phi) is 5.42. The van der Waals surface area contributed by atoms with Gasteiger partial charge in [-0.25, -0.2) is 0 Å². The van der Waals surface area contributed by atoms with Gasteiger partial charge in [-0.15, -0.1) is 0 Å². The fourth-order valence-corrected chi connectivity index (χ4v) is 3.26. The van der Waals surface area contributed by atoms with Crippen molar-refractivity contribution in [3.63, 3.8) is 0 Å². The molecule has 2 atom stereocenters. The van der Waals surface area contributed by atoms with Crippen LogP contribution in [0.5, 0.6) is 0 Å². The number of hydrogen-bond acceptors (Lipinski definition) is 3. The van der Waals surface area contributed by atoms with Gasteiger partial charge >= 0.3 is 0 Å². The van der Waals surface area contributed by atoms with E-state index in [1.54, 1.807) is 0 Å². The Morgan fingerprint density at radius 1 is 1.47 bits per heavy atom. The summed E-state index contributed by atoms with van der Waals surface area (Å²) in [5.41, 5.74) is 6.39. The zero-order valence-corrected chi connectivity index (χ0v) is 12.4. The molecule has 17 heavy (non-hydrogen) atoms. The lowest BCUT2D eigenvalue weighted by molar-refractivity contribution is -0.00843. The van der Waals surface area contributed by atoms with Crippen LogP contribution in [0.1, 0.15) is 47.0 Å². The molecule has 1 aliphatic rings. The van der Waals surface area contributed by atoms with Gasteiger partial charge in [0, 0.05) is 24.2 Å². The molecule has 1 rings (SSSR count). The van der Waals surface area contributed by atoms with Crippen molar-refractivity contribution in [3.8, 4) is 0 Å². The standard InChI is InChI=1S/C14H31N3/c1-6-8-17(12(2)3)14(11-15)7-9-16(5)13(4)10-14/h12-13H,6-11,15H2,1-5H3. The van der Waals surface area contributed by atoms with E-state index in [9.17, 15) is 0 Å². The Morgan fingerprint density at radius 2 is 2.12 bits per heavy atom. The van der Waals surface area contributed by atoms with Gasteiger partial charge in [0.25, 0.3) is 0 Å². The molecular formula is C14H31N3. The molecule has 0 saturated carbocycles. The van der Waals surface area contributed by atoms with Crippen molar-refractivity contribution in [2.75, 3.05) is 26.7 Å². The molecule has 0 aliphatic carbocycles. The summed E-state index contributed by atoms with van der Waals surface area (Å²) in [7, 11) is 2.23. The van der Waals surface area contributed by atoms with Crippen molar-refractivity contribution in [2.45, 2.75) is 64.6 Å². The summed E-state index contributed by atoms with van der Waals surface area (Å²) in [4.78, 5) is 5.11. The minimum Gasteiger partial charge on any atom is -0.329 e. The molecule has 1 fully saturated rings. The van der Waals surface area contributed by atoms with E-state index in [1.807, 2.05) is 0 Å². The van der Waals surface area contributed by atoms with E-state index in [0.717, 1.165) is 6.54 Å². The highest BCUT2D eigenvalue weighted by molar-refractivity contribution is 4.99. The highest BCUT2D eigenvalue weighted by Gasteiger charge is 2.41. The Bertz CT molecular complexity index is 230. The average molecular weight is 241 g/mol. The molecule has 3 nitrogen and oxygen atoms in total. The largest absolute Gasteiger partial charge is 0.329 e. The number of nitrogens with zero attached hydrogens (tertiary/aromatic N) is 2. The average Bonchev–Trinajstić information content (AvgIpc) is 2.30. The summed E-state index contributed by atoms with van der Waals surface area (Å²) in [5, 5.41) is 0. The molecule has 1 aliphatic heterocycles. The second kappa shape index (κ2) is 6.17. The molecule has 0 bridgehead atoms. The normalized spacial score (nSPS) is 31.4. The van der Waals surface area contributed by atoms with Gasteiger partial charge in [-0.1, -0.05) is 6.92 Å². The first kappa shape index (κ1) is 14.9. The molecule has 0 aromatic rings. The van der Waals surface area contributed by atoms with Crippen LogP contribution in [-0.2, 0) is 0 Å². The number of rotatable bonds is 5. The first-order valence-corrected chi connectivity index (χ1v) is 7.14. The number of likely N-dealkylation sites (tertiary alicyclic amines) is 1. The van der Waals surface area contributed by atoms with E-state index < -0.39 is 0 Å². The zero-order valence-electron chi connectivity index (χ0n) is 12.4. The maximum Gasteiger partial charge on any atom is 0.0361 e. The highest BCUT2D eigenvalue weighted by atomic mass is 15.3. The maximum atomic E-state index is 6.15. The monoisotopic (exact) mass is 241 g/mol. The van der Waals surface area contributed by atoms with E-state index in [0.29, 0.717) is 12.1 Å². The van der Waals surface area contributed by atoms with Crippen molar-refractivity contribution in [1.82, 2.24) is 9.80 Å². The van der Waals surface area contributed by atoms with Crippen LogP contribution in [0.25, 0.3) is 0 Å². The van der Waals surface area contributed by atoms with Crippen LogP contribution >= 0.6 is 0 Å². The van der Waals surface area contributed by atoms with Gasteiger partial charge in [0.1, 0.15) is 0 Å². The Morgan fingerprint density at radius 3 is 2.53 bits per heavy atom. The minimum atomic E-state index is 0.232. The van der Waals surface area contributed by atoms with Crippen molar-refractivity contribution >= 4 is 0 Å². The Balaban J connectivity index is 2.85. The quantitative estimate of drug-likeness (QED) is 0.798. The van der Waals surface area contributed by atoms with Crippen LogP contribution in [0.3, 0.4) is 0 Å². The first-order valence-electron chi connectivity index (χ1n) is 7.14. The third kappa shape index (κ3) is 3.21. The predicted octanol–water partition coefficient (Wildman–Crippen LogP) is 1.92. The van der Waals surface area contributed by atoms with E-state index in [1.165, 1.54) is 32.4 Å². The van der Waals surface area contributed by atoms with Crippen LogP contribution in [0.15, 0.2) is 0 Å². The molecule has 2 N–H and O–H groups in total. The van der Waals surface area contributed by atoms with E-state index in [2.05, 4.69) is 44.5 Å². The van der Waals surface area contributed by atoms with Gasteiger partial charge in [0.15, 0.2) is 0 Å². The number of hydrogen-bond donors (Lipinski definition) is 1. The number of nitrogens with two attached hydrogens (primary N) is 1. The molecule has 0 aromatic carbocycles. The molecule has 1 saturated heterocycles. The van der Waals surface area contributed by atoms with Crippen molar-refractivity contribution < 1.29 is 0 Å². The lowest BCUT2D eigenvalue weighted by atomic mass is 9.81. The van der Waals surface area contributed by atoms with Gasteiger partial charge in [0.2, 0.25) is 0 Å². The summed E-state index contributed by atoms with van der Waals surface area (Å²) in [5.74, 6) is 0. The third-order valence-electron chi connectivity index (χ3n) is 4.43. The van der Waals surface area contributed by atoms with Gasteiger partial charge in [-0.05, 0) is 60.2 Å². The highest BCUT2D eigenvalue weighted by Crippen LogP contribution is 2.32. The summed E-state index contributed by atoms with van der Waals surface area (Å²) >= 11 is 0. The molecule has 3 heteroatoms. The molecule has 0 radical (unpaired) electrons. The van der Waals surface area contributed by atoms with Crippen LogP contribution in [-0.4, -0.2) is 54.1 Å². The van der Waals surface area contributed by atoms with Gasteiger partial charge < -0.3 is 10.6 Å². The molecule has 0 amide bonds. The molecule has 1 heterocycles. The lowest BCUT2D eigenvalue weighted by Crippen LogP contribution is -2.62. The Hall–Kier alpha value is -0.120. The SMILES string of the molecule is CCCN(C(C)C)C1(CN)CCN(C)C(C)C1. The van der Waals surface area contributed by atoms with Gasteiger partial charge in [-0.3, -0.25) is 4.90 Å². The fraction of sp³-hybridized carbons (Fsp3) is 1.00. The second-order valence-corrected chi connectivity index (χ2v) is 6.00. The van der Waals surface area contributed by atoms with Crippen LogP contribution in [0, 0.1) is 0 Å². The van der Waals surface area contributed by atoms with Gasteiger partial charge in [0.05, 0.1) is 0 Å². The van der Waals surface area contributed by atoms with Crippen molar-refractivity contribution in [1.29, 1.82) is 0 Å². The molecule has 0 spiro atoms. The van der Waals surface area contributed by atoms with Crippen molar-refractivity contribution in [2.24, 2.45) is 5.73 Å². The van der Waals surface area contributed by atoms with E-state index in [-0.39, 0.29) is 5.54 Å². The van der Waals surface area contributed by atoms with Crippen LogP contribution in [0.2, 0.25) is 0 Å². The van der Waals surface area contributed by atoms with Gasteiger partial charge in [-0.2, -0.15) is 0 Å². The predicted molar refractivity (Wildman–Crippen MR) is 75.2 cm³/mol. The summed E-state index contributed by atoms with van der Waals surface area (Å²) in [6, 6.07) is 1.24. The summed E-state index contributed by atoms with van der Waals surface area (Å²) in [6.45, 7) is 12.3. The van der Waals surface area contributed by atoms with Crippen LogP contribution in [0.4, 0.5) is 0 Å². The first-order chi connectivity index (χ1) is 7.96. The zero-order chi connectivity index (χ0) is 13.1. The fourth-order valence-electron chi connectivity index (χ4n) is 3.26. The van der Waals surface area contributed by atoms with E-state index >= 15 is 0 Å². The smallest absolute Gasteiger partial charge is 0.0361 e.